The zero-order valence-corrected chi connectivity index (χ0v) is 10.2. The normalized spacial score (nSPS) is 19.3. The predicted molar refractivity (Wildman–Crippen MR) is 67.6 cm³/mol. The molecule has 0 radical (unpaired) electrons. The van der Waals surface area contributed by atoms with Crippen molar-refractivity contribution >= 4 is 12.6 Å². The van der Waals surface area contributed by atoms with Crippen molar-refractivity contribution in [1.82, 2.24) is 0 Å². The molecular weight excluding hydrogens is 184 g/mol. The highest BCUT2D eigenvalue weighted by Crippen LogP contribution is 2.24. The van der Waals surface area contributed by atoms with Crippen LogP contribution in [0, 0.1) is 5.92 Å². The summed E-state index contributed by atoms with van der Waals surface area (Å²) in [5.74, 6) is 1.25. The summed E-state index contributed by atoms with van der Waals surface area (Å²) in [6.45, 7) is 10.0. The highest BCUT2D eigenvalue weighted by molar-refractivity contribution is 5.88. The summed E-state index contributed by atoms with van der Waals surface area (Å²) in [4.78, 5) is 8.67. The molecule has 0 bridgehead atoms. The molecule has 0 atom stereocenters. The molecule has 15 heavy (non-hydrogen) atoms. The van der Waals surface area contributed by atoms with Crippen molar-refractivity contribution in [3.05, 3.63) is 11.3 Å². The predicted octanol–water partition coefficient (Wildman–Crippen LogP) is 3.98. The maximum absolute atomic E-state index is 4.66. The minimum absolute atomic E-state index is 0.367. The molecule has 0 amide bonds. The second-order valence-corrected chi connectivity index (χ2v) is 4.57. The molecule has 0 aromatic heterocycles. The molecule has 84 valence electrons. The number of allylic oxidation sites excluding steroid dienone is 2. The van der Waals surface area contributed by atoms with E-state index >= 15 is 0 Å². The molecule has 2 heteroatoms. The number of hydrogen-bond donors (Lipinski definition) is 0. The maximum atomic E-state index is 4.66. The lowest BCUT2D eigenvalue weighted by Crippen LogP contribution is -2.04. The molecule has 0 saturated heterocycles. The van der Waals surface area contributed by atoms with Crippen LogP contribution in [0.3, 0.4) is 0 Å². The molecule has 0 spiro atoms. The standard InChI is InChI=1S/C13H22N2/c1-10(2)13(14-4)15-12-9-7-5-6-8-11(12)3/h10H,4-9H2,1-3H3. The molecular formula is C13H22N2. The minimum atomic E-state index is 0.367. The molecule has 0 N–H and O–H groups in total. The van der Waals surface area contributed by atoms with Gasteiger partial charge in [-0.1, -0.05) is 25.8 Å². The van der Waals surface area contributed by atoms with E-state index in [0.717, 1.165) is 12.3 Å². The van der Waals surface area contributed by atoms with Crippen molar-refractivity contribution in [1.29, 1.82) is 0 Å². The Morgan fingerprint density at radius 3 is 2.47 bits per heavy atom. The Labute approximate surface area is 93.2 Å². The van der Waals surface area contributed by atoms with Gasteiger partial charge in [0.15, 0.2) is 0 Å². The molecule has 1 rings (SSSR count). The van der Waals surface area contributed by atoms with Crippen LogP contribution in [0.25, 0.3) is 0 Å². The van der Waals surface area contributed by atoms with Crippen LogP contribution in [0.1, 0.15) is 52.9 Å². The van der Waals surface area contributed by atoms with Crippen molar-refractivity contribution < 1.29 is 0 Å². The lowest BCUT2D eigenvalue weighted by atomic mass is 10.1. The third-order valence-electron chi connectivity index (χ3n) is 2.89. The second-order valence-electron chi connectivity index (χ2n) is 4.57. The van der Waals surface area contributed by atoms with E-state index in [0.29, 0.717) is 5.92 Å². The Morgan fingerprint density at radius 2 is 1.87 bits per heavy atom. The maximum Gasteiger partial charge on any atom is 0.130 e. The van der Waals surface area contributed by atoms with Gasteiger partial charge >= 0.3 is 0 Å². The highest BCUT2D eigenvalue weighted by Gasteiger charge is 2.09. The summed E-state index contributed by atoms with van der Waals surface area (Å²) >= 11 is 0. The molecule has 1 aliphatic carbocycles. The van der Waals surface area contributed by atoms with E-state index in [1.807, 2.05) is 0 Å². The van der Waals surface area contributed by atoms with E-state index in [-0.39, 0.29) is 0 Å². The Hall–Kier alpha value is -0.920. The Bertz CT molecular complexity index is 285. The van der Waals surface area contributed by atoms with E-state index < -0.39 is 0 Å². The van der Waals surface area contributed by atoms with Gasteiger partial charge in [-0.3, -0.25) is 0 Å². The Kier molecular flexibility index (Phi) is 4.73. The molecule has 1 aliphatic rings. The fourth-order valence-corrected chi connectivity index (χ4v) is 1.85. The molecule has 0 unspecified atom stereocenters. The fourth-order valence-electron chi connectivity index (χ4n) is 1.85. The van der Waals surface area contributed by atoms with Crippen molar-refractivity contribution in [2.75, 3.05) is 0 Å². The van der Waals surface area contributed by atoms with Crippen molar-refractivity contribution in [3.63, 3.8) is 0 Å². The Morgan fingerprint density at radius 1 is 1.20 bits per heavy atom. The molecule has 0 heterocycles. The summed E-state index contributed by atoms with van der Waals surface area (Å²) in [6.07, 6.45) is 6.20. The van der Waals surface area contributed by atoms with Gasteiger partial charge in [-0.15, -0.1) is 0 Å². The van der Waals surface area contributed by atoms with E-state index in [9.17, 15) is 0 Å². The van der Waals surface area contributed by atoms with Gasteiger partial charge in [0.25, 0.3) is 0 Å². The van der Waals surface area contributed by atoms with Gasteiger partial charge < -0.3 is 0 Å². The van der Waals surface area contributed by atoms with Crippen LogP contribution < -0.4 is 0 Å². The summed E-state index contributed by atoms with van der Waals surface area (Å²) in [5.41, 5.74) is 2.69. The van der Waals surface area contributed by atoms with Crippen molar-refractivity contribution in [2.24, 2.45) is 15.9 Å². The summed E-state index contributed by atoms with van der Waals surface area (Å²) in [6, 6.07) is 0. The Balaban J connectivity index is 2.89. The van der Waals surface area contributed by atoms with E-state index in [2.05, 4.69) is 37.5 Å². The number of nitrogens with zero attached hydrogens (tertiary/aromatic N) is 2. The van der Waals surface area contributed by atoms with Gasteiger partial charge in [0.05, 0.1) is 0 Å². The third-order valence-corrected chi connectivity index (χ3v) is 2.89. The van der Waals surface area contributed by atoms with Crippen LogP contribution in [0.4, 0.5) is 0 Å². The van der Waals surface area contributed by atoms with Gasteiger partial charge in [0, 0.05) is 11.6 Å². The minimum Gasteiger partial charge on any atom is -0.249 e. The number of aliphatic imine (C=N–C) groups is 2. The van der Waals surface area contributed by atoms with Crippen LogP contribution in [-0.2, 0) is 0 Å². The van der Waals surface area contributed by atoms with E-state index in [4.69, 9.17) is 0 Å². The quantitative estimate of drug-likeness (QED) is 0.482. The van der Waals surface area contributed by atoms with Gasteiger partial charge in [0.2, 0.25) is 0 Å². The van der Waals surface area contributed by atoms with Crippen LogP contribution in [0.15, 0.2) is 21.3 Å². The largest absolute Gasteiger partial charge is 0.249 e. The second kappa shape index (κ2) is 5.84. The van der Waals surface area contributed by atoms with Gasteiger partial charge in [0.1, 0.15) is 5.84 Å². The first-order valence-corrected chi connectivity index (χ1v) is 5.89. The van der Waals surface area contributed by atoms with Crippen LogP contribution >= 0.6 is 0 Å². The number of amidine groups is 1. The highest BCUT2D eigenvalue weighted by atomic mass is 14.9. The SMILES string of the molecule is C=NC(=NC1=C(C)CCCCC1)C(C)C. The van der Waals surface area contributed by atoms with Gasteiger partial charge in [-0.25, -0.2) is 9.98 Å². The van der Waals surface area contributed by atoms with Crippen LogP contribution in [-0.4, -0.2) is 12.6 Å². The van der Waals surface area contributed by atoms with Gasteiger partial charge in [-0.2, -0.15) is 0 Å². The molecule has 2 nitrogen and oxygen atoms in total. The summed E-state index contributed by atoms with van der Waals surface area (Å²) in [7, 11) is 0. The molecule has 0 aromatic rings. The molecule has 0 fully saturated rings. The molecule has 0 aliphatic heterocycles. The smallest absolute Gasteiger partial charge is 0.130 e. The van der Waals surface area contributed by atoms with Crippen molar-refractivity contribution in [2.45, 2.75) is 52.9 Å². The third kappa shape index (κ3) is 3.61. The monoisotopic (exact) mass is 206 g/mol. The number of hydrogen-bond acceptors (Lipinski definition) is 1. The average Bonchev–Trinajstić information content (AvgIpc) is 2.39. The van der Waals surface area contributed by atoms with E-state index in [1.165, 1.54) is 37.0 Å². The molecule has 0 saturated carbocycles. The lowest BCUT2D eigenvalue weighted by Gasteiger charge is -2.08. The van der Waals surface area contributed by atoms with Crippen molar-refractivity contribution in [3.8, 4) is 0 Å². The zero-order chi connectivity index (χ0) is 11.3. The first-order valence-electron chi connectivity index (χ1n) is 5.89. The first kappa shape index (κ1) is 12.2. The van der Waals surface area contributed by atoms with Crippen LogP contribution in [0.2, 0.25) is 0 Å². The first-order chi connectivity index (χ1) is 7.15. The van der Waals surface area contributed by atoms with E-state index in [1.54, 1.807) is 0 Å². The van der Waals surface area contributed by atoms with Crippen LogP contribution in [0.5, 0.6) is 0 Å². The summed E-state index contributed by atoms with van der Waals surface area (Å²) in [5, 5.41) is 0. The summed E-state index contributed by atoms with van der Waals surface area (Å²) < 4.78 is 0. The lowest BCUT2D eigenvalue weighted by molar-refractivity contribution is 0.705. The zero-order valence-electron chi connectivity index (χ0n) is 10.2. The van der Waals surface area contributed by atoms with Gasteiger partial charge in [-0.05, 0) is 39.3 Å². The molecule has 0 aromatic carbocycles. The topological polar surface area (TPSA) is 24.7 Å². The fraction of sp³-hybridized carbons (Fsp3) is 0.692. The number of rotatable bonds is 2. The average molecular weight is 206 g/mol.